The number of rotatable bonds is 7. The second-order valence-electron chi connectivity index (χ2n) is 5.71. The van der Waals surface area contributed by atoms with Crippen molar-refractivity contribution >= 4 is 45.6 Å². The standard InChI is InChI=1S/C17H23Cl2N5S/c1-20-16(22-10-14-11-25-17(23-14)24(2)3)21-8-4-5-12-6-7-13(18)9-15(12)19/h6-7,9,11H,4-5,8,10H2,1-3H3,(H2,20,21,22). The number of hydrogen-bond donors (Lipinski definition) is 2. The lowest BCUT2D eigenvalue weighted by atomic mass is 10.1. The third-order valence-electron chi connectivity index (χ3n) is 3.51. The number of thiazole rings is 1. The quantitative estimate of drug-likeness (QED) is 0.422. The molecule has 2 aromatic rings. The molecule has 2 N–H and O–H groups in total. The Hall–Kier alpha value is -1.50. The fraction of sp³-hybridized carbons (Fsp3) is 0.412. The molecule has 136 valence electrons. The Morgan fingerprint density at radius 2 is 2.08 bits per heavy atom. The summed E-state index contributed by atoms with van der Waals surface area (Å²) in [6.45, 7) is 1.45. The first-order chi connectivity index (χ1) is 12.0. The van der Waals surface area contributed by atoms with Gasteiger partial charge in [-0.15, -0.1) is 11.3 Å². The molecule has 0 saturated carbocycles. The molecule has 0 bridgehead atoms. The van der Waals surface area contributed by atoms with E-state index in [4.69, 9.17) is 23.2 Å². The van der Waals surface area contributed by atoms with Gasteiger partial charge in [-0.2, -0.15) is 0 Å². The fourth-order valence-electron chi connectivity index (χ4n) is 2.19. The van der Waals surface area contributed by atoms with E-state index in [1.54, 1.807) is 24.5 Å². The molecule has 0 fully saturated rings. The first-order valence-corrected chi connectivity index (χ1v) is 9.63. The van der Waals surface area contributed by atoms with Crippen LogP contribution in [0.15, 0.2) is 28.6 Å². The number of nitrogens with one attached hydrogen (secondary N) is 2. The minimum atomic E-state index is 0.646. The van der Waals surface area contributed by atoms with Gasteiger partial charge < -0.3 is 15.5 Å². The second-order valence-corrected chi connectivity index (χ2v) is 7.39. The van der Waals surface area contributed by atoms with Gasteiger partial charge in [-0.25, -0.2) is 4.98 Å². The Kier molecular flexibility index (Phi) is 7.81. The smallest absolute Gasteiger partial charge is 0.191 e. The van der Waals surface area contributed by atoms with E-state index in [-0.39, 0.29) is 0 Å². The second kappa shape index (κ2) is 9.85. The van der Waals surface area contributed by atoms with Gasteiger partial charge in [-0.05, 0) is 30.5 Å². The summed E-state index contributed by atoms with van der Waals surface area (Å²) in [5.41, 5.74) is 2.11. The van der Waals surface area contributed by atoms with E-state index in [1.807, 2.05) is 31.1 Å². The number of aryl methyl sites for hydroxylation is 1. The van der Waals surface area contributed by atoms with Crippen molar-refractivity contribution in [3.63, 3.8) is 0 Å². The van der Waals surface area contributed by atoms with Gasteiger partial charge in [0.2, 0.25) is 0 Å². The van der Waals surface area contributed by atoms with Crippen LogP contribution in [-0.4, -0.2) is 38.6 Å². The maximum absolute atomic E-state index is 6.19. The summed E-state index contributed by atoms with van der Waals surface area (Å²) in [7, 11) is 5.74. The number of hydrogen-bond acceptors (Lipinski definition) is 4. The van der Waals surface area contributed by atoms with Gasteiger partial charge in [0.25, 0.3) is 0 Å². The van der Waals surface area contributed by atoms with Crippen LogP contribution < -0.4 is 15.5 Å². The SMILES string of the molecule is CN=C(NCCCc1ccc(Cl)cc1Cl)NCc1csc(N(C)C)n1. The van der Waals surface area contributed by atoms with Crippen LogP contribution >= 0.6 is 34.5 Å². The van der Waals surface area contributed by atoms with Gasteiger partial charge in [0, 0.05) is 43.1 Å². The van der Waals surface area contributed by atoms with E-state index in [0.717, 1.165) is 46.8 Å². The van der Waals surface area contributed by atoms with Crippen LogP contribution in [0.1, 0.15) is 17.7 Å². The Bertz CT molecular complexity index is 715. The molecule has 1 aromatic heterocycles. The minimum Gasteiger partial charge on any atom is -0.356 e. The molecule has 8 heteroatoms. The van der Waals surface area contributed by atoms with Crippen molar-refractivity contribution < 1.29 is 0 Å². The molecule has 0 spiro atoms. The van der Waals surface area contributed by atoms with E-state index >= 15 is 0 Å². The fourth-order valence-corrected chi connectivity index (χ4v) is 3.45. The molecule has 0 atom stereocenters. The highest BCUT2D eigenvalue weighted by atomic mass is 35.5. The predicted molar refractivity (Wildman–Crippen MR) is 109 cm³/mol. The van der Waals surface area contributed by atoms with Gasteiger partial charge >= 0.3 is 0 Å². The van der Waals surface area contributed by atoms with Crippen LogP contribution in [0.2, 0.25) is 10.0 Å². The summed E-state index contributed by atoms with van der Waals surface area (Å²) >= 11 is 13.7. The van der Waals surface area contributed by atoms with Crippen molar-refractivity contribution in [2.75, 3.05) is 32.6 Å². The van der Waals surface area contributed by atoms with E-state index in [0.29, 0.717) is 11.6 Å². The third kappa shape index (κ3) is 6.38. The van der Waals surface area contributed by atoms with E-state index < -0.39 is 0 Å². The zero-order valence-corrected chi connectivity index (χ0v) is 17.0. The number of aromatic nitrogens is 1. The number of nitrogens with zero attached hydrogens (tertiary/aromatic N) is 3. The zero-order chi connectivity index (χ0) is 18.2. The molecule has 0 radical (unpaired) electrons. The van der Waals surface area contributed by atoms with Gasteiger partial charge in [0.05, 0.1) is 12.2 Å². The maximum Gasteiger partial charge on any atom is 0.191 e. The zero-order valence-electron chi connectivity index (χ0n) is 14.6. The number of benzene rings is 1. The van der Waals surface area contributed by atoms with E-state index in [1.165, 1.54) is 0 Å². The summed E-state index contributed by atoms with van der Waals surface area (Å²) in [5, 5.41) is 11.0. The van der Waals surface area contributed by atoms with Crippen LogP contribution in [0.25, 0.3) is 0 Å². The largest absolute Gasteiger partial charge is 0.356 e. The summed E-state index contributed by atoms with van der Waals surface area (Å²) in [4.78, 5) is 10.8. The molecule has 25 heavy (non-hydrogen) atoms. The monoisotopic (exact) mass is 399 g/mol. The lowest BCUT2D eigenvalue weighted by Crippen LogP contribution is -2.37. The molecule has 1 aromatic carbocycles. The van der Waals surface area contributed by atoms with Crippen molar-refractivity contribution in [1.29, 1.82) is 0 Å². The minimum absolute atomic E-state index is 0.646. The molecule has 5 nitrogen and oxygen atoms in total. The molecular weight excluding hydrogens is 377 g/mol. The van der Waals surface area contributed by atoms with Crippen LogP contribution in [0, 0.1) is 0 Å². The van der Waals surface area contributed by atoms with Crippen molar-refractivity contribution in [3.8, 4) is 0 Å². The average molecular weight is 400 g/mol. The van der Waals surface area contributed by atoms with Gasteiger partial charge in [0.1, 0.15) is 0 Å². The average Bonchev–Trinajstić information content (AvgIpc) is 3.05. The molecule has 0 saturated heterocycles. The van der Waals surface area contributed by atoms with Crippen molar-refractivity contribution in [2.45, 2.75) is 19.4 Å². The normalized spacial score (nSPS) is 11.5. The predicted octanol–water partition coefficient (Wildman–Crippen LogP) is 3.81. The summed E-state index contributed by atoms with van der Waals surface area (Å²) < 4.78 is 0. The van der Waals surface area contributed by atoms with Gasteiger partial charge in [-0.1, -0.05) is 29.3 Å². The number of guanidine groups is 1. The highest BCUT2D eigenvalue weighted by Gasteiger charge is 2.05. The summed E-state index contributed by atoms with van der Waals surface area (Å²) in [6, 6.07) is 5.62. The van der Waals surface area contributed by atoms with E-state index in [2.05, 4.69) is 26.0 Å². The highest BCUT2D eigenvalue weighted by molar-refractivity contribution is 7.13. The molecular formula is C17H23Cl2N5S. The van der Waals surface area contributed by atoms with Crippen LogP contribution in [0.4, 0.5) is 5.13 Å². The number of anilines is 1. The topological polar surface area (TPSA) is 52.6 Å². The Labute approximate surface area is 163 Å². The molecule has 0 amide bonds. The maximum atomic E-state index is 6.19. The van der Waals surface area contributed by atoms with Gasteiger partial charge in [0.15, 0.2) is 11.1 Å². The highest BCUT2D eigenvalue weighted by Crippen LogP contribution is 2.22. The van der Waals surface area contributed by atoms with Crippen LogP contribution in [-0.2, 0) is 13.0 Å². The summed E-state index contributed by atoms with van der Waals surface area (Å²) in [5.74, 6) is 0.765. The van der Waals surface area contributed by atoms with Crippen molar-refractivity contribution in [1.82, 2.24) is 15.6 Å². The Morgan fingerprint density at radius 1 is 1.28 bits per heavy atom. The lowest BCUT2D eigenvalue weighted by Gasteiger charge is -2.11. The number of aliphatic imine (C=N–C) groups is 1. The molecule has 0 unspecified atom stereocenters. The molecule has 0 aliphatic carbocycles. The third-order valence-corrected chi connectivity index (χ3v) is 5.16. The van der Waals surface area contributed by atoms with Crippen LogP contribution in [0.3, 0.4) is 0 Å². The first kappa shape index (κ1) is 19.8. The van der Waals surface area contributed by atoms with E-state index in [9.17, 15) is 0 Å². The summed E-state index contributed by atoms with van der Waals surface area (Å²) in [6.07, 6.45) is 1.84. The lowest BCUT2D eigenvalue weighted by molar-refractivity contribution is 0.739. The molecule has 1 heterocycles. The van der Waals surface area contributed by atoms with Crippen molar-refractivity contribution in [3.05, 3.63) is 44.9 Å². The van der Waals surface area contributed by atoms with Crippen LogP contribution in [0.5, 0.6) is 0 Å². The molecule has 0 aliphatic heterocycles. The molecule has 0 aliphatic rings. The Morgan fingerprint density at radius 3 is 2.72 bits per heavy atom. The van der Waals surface area contributed by atoms with Crippen molar-refractivity contribution in [2.24, 2.45) is 4.99 Å². The Balaban J connectivity index is 1.72. The molecule has 2 rings (SSSR count). The first-order valence-electron chi connectivity index (χ1n) is 7.99. The van der Waals surface area contributed by atoms with Gasteiger partial charge in [-0.3, -0.25) is 4.99 Å². The number of halogens is 2.